The third kappa shape index (κ3) is 6.82. The number of amides is 1. The van der Waals surface area contributed by atoms with E-state index in [1.54, 1.807) is 0 Å². The van der Waals surface area contributed by atoms with Gasteiger partial charge in [0.1, 0.15) is 0 Å². The highest BCUT2D eigenvalue weighted by Gasteiger charge is 2.07. The Hall–Kier alpha value is -0.650. The summed E-state index contributed by atoms with van der Waals surface area (Å²) in [5.41, 5.74) is 0. The molecular weight excluding hydrogens is 184 g/mol. The van der Waals surface area contributed by atoms with E-state index >= 15 is 0 Å². The molecular formula is C9H20N2O3. The molecule has 3 N–H and O–H groups in total. The minimum atomic E-state index is -0.0844. The second kappa shape index (κ2) is 8.93. The highest BCUT2D eigenvalue weighted by molar-refractivity contribution is 5.77. The number of carbonyl (C=O) groups is 1. The number of aliphatic hydroxyl groups is 2. The Morgan fingerprint density at radius 3 is 2.57 bits per heavy atom. The van der Waals surface area contributed by atoms with Gasteiger partial charge in [0.25, 0.3) is 0 Å². The van der Waals surface area contributed by atoms with E-state index in [0.717, 1.165) is 13.1 Å². The van der Waals surface area contributed by atoms with Crippen LogP contribution in [0.1, 0.15) is 13.3 Å². The molecule has 84 valence electrons. The molecule has 0 aliphatic carbocycles. The summed E-state index contributed by atoms with van der Waals surface area (Å²) in [6.45, 7) is 4.22. The van der Waals surface area contributed by atoms with Crippen LogP contribution in [-0.4, -0.2) is 60.4 Å². The maximum Gasteiger partial charge on any atom is 0.234 e. The highest BCUT2D eigenvalue weighted by Crippen LogP contribution is 1.90. The van der Waals surface area contributed by atoms with E-state index in [2.05, 4.69) is 5.32 Å². The van der Waals surface area contributed by atoms with Crippen LogP contribution in [0.25, 0.3) is 0 Å². The van der Waals surface area contributed by atoms with E-state index in [-0.39, 0.29) is 19.1 Å². The smallest absolute Gasteiger partial charge is 0.234 e. The molecule has 1 amide bonds. The molecule has 0 radical (unpaired) electrons. The van der Waals surface area contributed by atoms with Gasteiger partial charge in [-0.3, -0.25) is 9.69 Å². The Labute approximate surface area is 84.7 Å². The van der Waals surface area contributed by atoms with Crippen molar-refractivity contribution in [2.45, 2.75) is 13.3 Å². The van der Waals surface area contributed by atoms with E-state index in [1.165, 1.54) is 0 Å². The molecule has 0 aromatic rings. The SMILES string of the molecule is CCN(CCCO)CC(=O)NCCO. The largest absolute Gasteiger partial charge is 0.396 e. The summed E-state index contributed by atoms with van der Waals surface area (Å²) in [5, 5.41) is 19.7. The number of aliphatic hydroxyl groups excluding tert-OH is 2. The van der Waals surface area contributed by atoms with Gasteiger partial charge in [0.2, 0.25) is 5.91 Å². The fourth-order valence-corrected chi connectivity index (χ4v) is 1.10. The lowest BCUT2D eigenvalue weighted by Crippen LogP contribution is -2.38. The Bertz CT molecular complexity index is 153. The quantitative estimate of drug-likeness (QED) is 0.464. The van der Waals surface area contributed by atoms with E-state index in [0.29, 0.717) is 19.5 Å². The average Bonchev–Trinajstić information content (AvgIpc) is 2.21. The minimum Gasteiger partial charge on any atom is -0.396 e. The zero-order chi connectivity index (χ0) is 10.8. The molecule has 0 saturated heterocycles. The molecule has 0 aromatic carbocycles. The van der Waals surface area contributed by atoms with Gasteiger partial charge in [-0.2, -0.15) is 0 Å². The molecule has 14 heavy (non-hydrogen) atoms. The zero-order valence-electron chi connectivity index (χ0n) is 8.70. The predicted octanol–water partition coefficient (Wildman–Crippen LogP) is -1.20. The van der Waals surface area contributed by atoms with E-state index in [9.17, 15) is 4.79 Å². The van der Waals surface area contributed by atoms with Crippen LogP contribution in [0.2, 0.25) is 0 Å². The summed E-state index contributed by atoms with van der Waals surface area (Å²) in [6.07, 6.45) is 0.682. The van der Waals surface area contributed by atoms with Gasteiger partial charge >= 0.3 is 0 Å². The van der Waals surface area contributed by atoms with Crippen molar-refractivity contribution >= 4 is 5.91 Å². The molecule has 0 aromatic heterocycles. The molecule has 0 fully saturated rings. The number of hydrogen-bond acceptors (Lipinski definition) is 4. The van der Waals surface area contributed by atoms with Gasteiger partial charge in [-0.25, -0.2) is 0 Å². The third-order valence-corrected chi connectivity index (χ3v) is 1.88. The van der Waals surface area contributed by atoms with Crippen molar-refractivity contribution in [1.29, 1.82) is 0 Å². The Balaban J connectivity index is 3.62. The second-order valence-corrected chi connectivity index (χ2v) is 3.02. The van der Waals surface area contributed by atoms with Crippen molar-refractivity contribution in [1.82, 2.24) is 10.2 Å². The first-order valence-corrected chi connectivity index (χ1v) is 4.95. The van der Waals surface area contributed by atoms with Crippen LogP contribution in [0.5, 0.6) is 0 Å². The lowest BCUT2D eigenvalue weighted by atomic mass is 10.3. The second-order valence-electron chi connectivity index (χ2n) is 3.02. The number of nitrogens with zero attached hydrogens (tertiary/aromatic N) is 1. The molecule has 5 heteroatoms. The maximum absolute atomic E-state index is 11.2. The van der Waals surface area contributed by atoms with Crippen LogP contribution in [0.15, 0.2) is 0 Å². The molecule has 0 heterocycles. The number of rotatable bonds is 8. The summed E-state index contributed by atoms with van der Waals surface area (Å²) >= 11 is 0. The zero-order valence-corrected chi connectivity index (χ0v) is 8.70. The molecule has 0 aliphatic rings. The van der Waals surface area contributed by atoms with Crippen LogP contribution in [-0.2, 0) is 4.79 Å². The van der Waals surface area contributed by atoms with Crippen LogP contribution >= 0.6 is 0 Å². The molecule has 0 atom stereocenters. The van der Waals surface area contributed by atoms with Crippen molar-refractivity contribution in [3.63, 3.8) is 0 Å². The first-order valence-electron chi connectivity index (χ1n) is 4.95. The van der Waals surface area contributed by atoms with Crippen molar-refractivity contribution < 1.29 is 15.0 Å². The highest BCUT2D eigenvalue weighted by atomic mass is 16.3. The molecule has 0 rings (SSSR count). The maximum atomic E-state index is 11.2. The molecule has 5 nitrogen and oxygen atoms in total. The normalized spacial score (nSPS) is 10.6. The van der Waals surface area contributed by atoms with Gasteiger partial charge in [0.15, 0.2) is 0 Å². The Morgan fingerprint density at radius 2 is 2.07 bits per heavy atom. The number of likely N-dealkylation sites (N-methyl/N-ethyl adjacent to an activating group) is 1. The van der Waals surface area contributed by atoms with Gasteiger partial charge in [0, 0.05) is 19.7 Å². The summed E-state index contributed by atoms with van der Waals surface area (Å²) < 4.78 is 0. The fraction of sp³-hybridized carbons (Fsp3) is 0.889. The minimum absolute atomic E-state index is 0.0332. The lowest BCUT2D eigenvalue weighted by Gasteiger charge is -2.18. The first-order chi connectivity index (χ1) is 6.74. The van der Waals surface area contributed by atoms with Crippen LogP contribution in [0.4, 0.5) is 0 Å². The fourth-order valence-electron chi connectivity index (χ4n) is 1.10. The standard InChI is InChI=1S/C9H20N2O3/c1-2-11(5-3-6-12)8-9(14)10-4-7-13/h12-13H,2-8H2,1H3,(H,10,14). The van der Waals surface area contributed by atoms with Crippen molar-refractivity contribution in [2.24, 2.45) is 0 Å². The van der Waals surface area contributed by atoms with Crippen LogP contribution in [0.3, 0.4) is 0 Å². The van der Waals surface area contributed by atoms with Crippen molar-refractivity contribution in [2.75, 3.05) is 39.4 Å². The molecule has 0 unspecified atom stereocenters. The van der Waals surface area contributed by atoms with Crippen molar-refractivity contribution in [3.05, 3.63) is 0 Å². The number of hydrogen-bond donors (Lipinski definition) is 3. The number of nitrogens with one attached hydrogen (secondary N) is 1. The predicted molar refractivity (Wildman–Crippen MR) is 53.9 cm³/mol. The monoisotopic (exact) mass is 204 g/mol. The Morgan fingerprint density at radius 1 is 1.36 bits per heavy atom. The van der Waals surface area contributed by atoms with Gasteiger partial charge in [0.05, 0.1) is 13.2 Å². The van der Waals surface area contributed by atoms with Gasteiger partial charge in [-0.05, 0) is 13.0 Å². The average molecular weight is 204 g/mol. The first kappa shape index (κ1) is 13.4. The summed E-state index contributed by atoms with van der Waals surface area (Å²) in [7, 11) is 0. The van der Waals surface area contributed by atoms with E-state index in [4.69, 9.17) is 10.2 Å². The van der Waals surface area contributed by atoms with Crippen LogP contribution in [0, 0.1) is 0 Å². The van der Waals surface area contributed by atoms with Gasteiger partial charge in [-0.15, -0.1) is 0 Å². The number of carbonyl (C=O) groups excluding carboxylic acids is 1. The van der Waals surface area contributed by atoms with Crippen molar-refractivity contribution in [3.8, 4) is 0 Å². The van der Waals surface area contributed by atoms with E-state index < -0.39 is 0 Å². The third-order valence-electron chi connectivity index (χ3n) is 1.88. The summed E-state index contributed by atoms with van der Waals surface area (Å²) in [6, 6.07) is 0. The molecule has 0 aliphatic heterocycles. The van der Waals surface area contributed by atoms with Crippen LogP contribution < -0.4 is 5.32 Å². The topological polar surface area (TPSA) is 72.8 Å². The molecule has 0 bridgehead atoms. The van der Waals surface area contributed by atoms with Gasteiger partial charge < -0.3 is 15.5 Å². The van der Waals surface area contributed by atoms with Gasteiger partial charge in [-0.1, -0.05) is 6.92 Å². The molecule has 0 spiro atoms. The summed E-state index contributed by atoms with van der Waals surface area (Å²) in [4.78, 5) is 13.2. The molecule has 0 saturated carbocycles. The lowest BCUT2D eigenvalue weighted by molar-refractivity contribution is -0.122. The summed E-state index contributed by atoms with van der Waals surface area (Å²) in [5.74, 6) is -0.0844. The Kier molecular flexibility index (Phi) is 8.51. The van der Waals surface area contributed by atoms with E-state index in [1.807, 2.05) is 11.8 Å².